The Hall–Kier alpha value is 0.270. The Bertz CT molecular complexity index is 132. The Morgan fingerprint density at radius 1 is 1.29 bits per heavy atom. The van der Waals surface area contributed by atoms with Crippen LogP contribution >= 0.6 is 11.8 Å². The lowest BCUT2D eigenvalue weighted by atomic mass is 10.0. The molecule has 0 bridgehead atoms. The van der Waals surface area contributed by atoms with Gasteiger partial charge in [0, 0.05) is 18.4 Å². The maximum Gasteiger partial charge on any atom is 0.0464 e. The fourth-order valence-corrected chi connectivity index (χ4v) is 2.66. The minimum atomic E-state index is 0.306. The van der Waals surface area contributed by atoms with Gasteiger partial charge in [-0.05, 0) is 24.6 Å². The average molecular weight is 219 g/mol. The van der Waals surface area contributed by atoms with Crippen LogP contribution in [-0.2, 0) is 0 Å². The number of thioether (sulfide) groups is 1. The van der Waals surface area contributed by atoms with E-state index in [1.165, 1.54) is 6.42 Å². The summed E-state index contributed by atoms with van der Waals surface area (Å²) in [6, 6.07) is 0.607. The quantitative estimate of drug-likeness (QED) is 0.655. The van der Waals surface area contributed by atoms with Crippen LogP contribution in [0, 0.1) is 11.8 Å². The van der Waals surface area contributed by atoms with Crippen LogP contribution < -0.4 is 5.32 Å². The number of aliphatic hydroxyl groups excluding tert-OH is 1. The topological polar surface area (TPSA) is 32.3 Å². The molecule has 0 heterocycles. The van der Waals surface area contributed by atoms with Crippen molar-refractivity contribution >= 4 is 11.8 Å². The summed E-state index contributed by atoms with van der Waals surface area (Å²) in [4.78, 5) is 0. The molecule has 0 aromatic carbocycles. The van der Waals surface area contributed by atoms with Crippen LogP contribution in [0.1, 0.15) is 27.2 Å². The van der Waals surface area contributed by atoms with Crippen LogP contribution in [0.15, 0.2) is 0 Å². The third-order valence-corrected chi connectivity index (χ3v) is 4.11. The van der Waals surface area contributed by atoms with E-state index in [0.717, 1.165) is 17.4 Å². The van der Waals surface area contributed by atoms with Gasteiger partial charge in [-0.25, -0.2) is 0 Å². The molecule has 3 atom stereocenters. The van der Waals surface area contributed by atoms with Gasteiger partial charge in [0.15, 0.2) is 0 Å². The fraction of sp³-hybridized carbons (Fsp3) is 1.00. The molecule has 2 N–H and O–H groups in total. The first-order valence-electron chi connectivity index (χ1n) is 5.51. The van der Waals surface area contributed by atoms with Crippen molar-refractivity contribution in [3.05, 3.63) is 0 Å². The van der Waals surface area contributed by atoms with Crippen LogP contribution in [0.3, 0.4) is 0 Å². The van der Waals surface area contributed by atoms with E-state index < -0.39 is 0 Å². The molecule has 0 aromatic heterocycles. The Kier molecular flexibility index (Phi) is 8.73. The molecule has 0 saturated carbocycles. The molecule has 2 nitrogen and oxygen atoms in total. The van der Waals surface area contributed by atoms with Gasteiger partial charge >= 0.3 is 0 Å². The van der Waals surface area contributed by atoms with Crippen molar-refractivity contribution in [2.24, 2.45) is 11.8 Å². The zero-order valence-corrected chi connectivity index (χ0v) is 10.7. The first kappa shape index (κ1) is 14.3. The van der Waals surface area contributed by atoms with Gasteiger partial charge in [0.05, 0.1) is 0 Å². The molecule has 0 saturated heterocycles. The molecule has 0 aliphatic carbocycles. The summed E-state index contributed by atoms with van der Waals surface area (Å²) in [6.45, 7) is 6.92. The standard InChI is InChI=1S/C11H25NOS/c1-5-10(3)11(12-4)8-14-7-9(2)6-13/h9-13H,5-8H2,1-4H3. The van der Waals surface area contributed by atoms with Crippen LogP contribution in [0.2, 0.25) is 0 Å². The van der Waals surface area contributed by atoms with Crippen molar-refractivity contribution < 1.29 is 5.11 Å². The lowest BCUT2D eigenvalue weighted by molar-refractivity contribution is 0.250. The van der Waals surface area contributed by atoms with Crippen LogP contribution in [0.5, 0.6) is 0 Å². The van der Waals surface area contributed by atoms with Crippen LogP contribution in [0.4, 0.5) is 0 Å². The van der Waals surface area contributed by atoms with E-state index in [4.69, 9.17) is 5.11 Å². The summed E-state index contributed by atoms with van der Waals surface area (Å²) in [5.74, 6) is 3.37. The maximum absolute atomic E-state index is 8.88. The molecule has 14 heavy (non-hydrogen) atoms. The zero-order valence-electron chi connectivity index (χ0n) is 9.92. The highest BCUT2D eigenvalue weighted by Gasteiger charge is 2.13. The average Bonchev–Trinajstić information content (AvgIpc) is 2.22. The third-order valence-electron chi connectivity index (χ3n) is 2.71. The maximum atomic E-state index is 8.88. The Labute approximate surface area is 92.9 Å². The minimum Gasteiger partial charge on any atom is -0.396 e. The van der Waals surface area contributed by atoms with E-state index in [2.05, 4.69) is 26.1 Å². The molecule has 3 heteroatoms. The number of hydrogen-bond acceptors (Lipinski definition) is 3. The molecule has 0 rings (SSSR count). The lowest BCUT2D eigenvalue weighted by Gasteiger charge is -2.22. The van der Waals surface area contributed by atoms with Gasteiger partial charge in [-0.3, -0.25) is 0 Å². The molecular weight excluding hydrogens is 194 g/mol. The Balaban J connectivity index is 3.62. The Morgan fingerprint density at radius 2 is 1.93 bits per heavy atom. The van der Waals surface area contributed by atoms with Crippen molar-refractivity contribution in [3.63, 3.8) is 0 Å². The number of hydrogen-bond donors (Lipinski definition) is 2. The fourth-order valence-electron chi connectivity index (χ4n) is 1.27. The molecule has 0 fully saturated rings. The lowest BCUT2D eigenvalue weighted by Crippen LogP contribution is -2.34. The summed E-state index contributed by atoms with van der Waals surface area (Å²) in [5.41, 5.74) is 0. The normalized spacial score (nSPS) is 17.8. The number of aliphatic hydroxyl groups is 1. The van der Waals surface area contributed by atoms with Crippen LogP contribution in [-0.4, -0.2) is 36.3 Å². The van der Waals surface area contributed by atoms with E-state index in [0.29, 0.717) is 18.6 Å². The van der Waals surface area contributed by atoms with Crippen molar-refractivity contribution in [1.82, 2.24) is 5.32 Å². The molecule has 0 aliphatic heterocycles. The number of nitrogens with one attached hydrogen (secondary N) is 1. The highest BCUT2D eigenvalue weighted by atomic mass is 32.2. The molecule has 0 aromatic rings. The second-order valence-electron chi connectivity index (χ2n) is 4.11. The van der Waals surface area contributed by atoms with Gasteiger partial charge < -0.3 is 10.4 Å². The van der Waals surface area contributed by atoms with Crippen molar-refractivity contribution in [1.29, 1.82) is 0 Å². The minimum absolute atomic E-state index is 0.306. The van der Waals surface area contributed by atoms with E-state index >= 15 is 0 Å². The second-order valence-corrected chi connectivity index (χ2v) is 5.18. The van der Waals surface area contributed by atoms with Crippen molar-refractivity contribution in [3.8, 4) is 0 Å². The second kappa shape index (κ2) is 8.57. The zero-order chi connectivity index (χ0) is 11.0. The predicted octanol–water partition coefficient (Wildman–Crippen LogP) is 1.98. The van der Waals surface area contributed by atoms with Gasteiger partial charge in [0.1, 0.15) is 0 Å². The van der Waals surface area contributed by atoms with Gasteiger partial charge in [-0.1, -0.05) is 27.2 Å². The van der Waals surface area contributed by atoms with E-state index in [1.54, 1.807) is 0 Å². The van der Waals surface area contributed by atoms with Gasteiger partial charge in [-0.2, -0.15) is 11.8 Å². The van der Waals surface area contributed by atoms with Gasteiger partial charge in [0.2, 0.25) is 0 Å². The summed E-state index contributed by atoms with van der Waals surface area (Å²) in [5, 5.41) is 12.2. The van der Waals surface area contributed by atoms with E-state index in [9.17, 15) is 0 Å². The number of rotatable bonds is 8. The molecule has 0 radical (unpaired) electrons. The Morgan fingerprint density at radius 3 is 2.36 bits per heavy atom. The van der Waals surface area contributed by atoms with E-state index in [-0.39, 0.29) is 0 Å². The molecule has 86 valence electrons. The van der Waals surface area contributed by atoms with Gasteiger partial charge in [-0.15, -0.1) is 0 Å². The summed E-state index contributed by atoms with van der Waals surface area (Å²) in [7, 11) is 2.03. The van der Waals surface area contributed by atoms with E-state index in [1.807, 2.05) is 18.8 Å². The summed E-state index contributed by atoms with van der Waals surface area (Å²) < 4.78 is 0. The van der Waals surface area contributed by atoms with Crippen molar-refractivity contribution in [2.45, 2.75) is 33.2 Å². The molecule has 0 amide bonds. The molecule has 3 unspecified atom stereocenters. The predicted molar refractivity (Wildman–Crippen MR) is 65.9 cm³/mol. The van der Waals surface area contributed by atoms with Crippen LogP contribution in [0.25, 0.3) is 0 Å². The molecule has 0 spiro atoms. The summed E-state index contributed by atoms with van der Waals surface area (Å²) >= 11 is 1.94. The van der Waals surface area contributed by atoms with Crippen molar-refractivity contribution in [2.75, 3.05) is 25.2 Å². The largest absolute Gasteiger partial charge is 0.396 e. The highest BCUT2D eigenvalue weighted by molar-refractivity contribution is 7.99. The monoisotopic (exact) mass is 219 g/mol. The molecule has 0 aliphatic rings. The smallest absolute Gasteiger partial charge is 0.0464 e. The highest BCUT2D eigenvalue weighted by Crippen LogP contribution is 2.15. The molecular formula is C11H25NOS. The SMILES string of the molecule is CCC(C)C(CSCC(C)CO)NC. The first-order valence-corrected chi connectivity index (χ1v) is 6.67. The summed E-state index contributed by atoms with van der Waals surface area (Å²) in [6.07, 6.45) is 1.22. The van der Waals surface area contributed by atoms with Gasteiger partial charge in [0.25, 0.3) is 0 Å². The third kappa shape index (κ3) is 5.89. The first-order chi connectivity index (χ1) is 6.65.